The van der Waals surface area contributed by atoms with Gasteiger partial charge >= 0.3 is 0 Å². The Labute approximate surface area is 199 Å². The van der Waals surface area contributed by atoms with Crippen molar-refractivity contribution in [2.24, 2.45) is 0 Å². The normalized spacial score (nSPS) is 15.9. The molecule has 1 atom stereocenters. The van der Waals surface area contributed by atoms with Gasteiger partial charge in [0.1, 0.15) is 11.5 Å². The molecule has 0 radical (unpaired) electrons. The number of ether oxygens (including phenoxy) is 1. The molecule has 0 bridgehead atoms. The summed E-state index contributed by atoms with van der Waals surface area (Å²) in [5.41, 5.74) is 2.76. The third-order valence-corrected chi connectivity index (χ3v) is 6.51. The number of aromatic nitrogens is 2. The number of aromatic hydroxyl groups is 1. The van der Waals surface area contributed by atoms with Crippen LogP contribution < -0.4 is 10.3 Å². The Kier molecular flexibility index (Phi) is 7.62. The van der Waals surface area contributed by atoms with Crippen LogP contribution in [0.5, 0.6) is 11.5 Å². The van der Waals surface area contributed by atoms with Gasteiger partial charge in [0, 0.05) is 50.8 Å². The second kappa shape index (κ2) is 10.8. The third-order valence-electron chi connectivity index (χ3n) is 6.51. The van der Waals surface area contributed by atoms with E-state index in [4.69, 9.17) is 4.74 Å². The van der Waals surface area contributed by atoms with Gasteiger partial charge in [-0.1, -0.05) is 12.1 Å². The summed E-state index contributed by atoms with van der Waals surface area (Å²) in [6.07, 6.45) is 3.43. The zero-order valence-electron chi connectivity index (χ0n) is 19.7. The van der Waals surface area contributed by atoms with E-state index in [2.05, 4.69) is 14.8 Å². The summed E-state index contributed by atoms with van der Waals surface area (Å²) in [5, 5.41) is 20.3. The average molecular weight is 465 g/mol. The predicted octanol–water partition coefficient (Wildman–Crippen LogP) is 2.01. The standard InChI is InChI=1S/C26H32N4O4/c1-19-17-23(32)24(26(33)30(19)18-20-3-5-22(34-2)6-4-20)25(21-7-9-27-10-8-21)29-13-11-28(12-14-29)15-16-31/h3-10,17,25,31-32H,11-16,18H2,1-2H3/t25-/m1/s1. The molecule has 34 heavy (non-hydrogen) atoms. The highest BCUT2D eigenvalue weighted by Crippen LogP contribution is 2.33. The van der Waals surface area contributed by atoms with Crippen LogP contribution >= 0.6 is 0 Å². The molecule has 0 saturated carbocycles. The molecule has 1 aromatic carbocycles. The molecule has 4 rings (SSSR count). The Morgan fingerprint density at radius 1 is 1.06 bits per heavy atom. The van der Waals surface area contributed by atoms with E-state index in [9.17, 15) is 15.0 Å². The van der Waals surface area contributed by atoms with Crippen molar-refractivity contribution in [1.82, 2.24) is 19.4 Å². The van der Waals surface area contributed by atoms with Crippen molar-refractivity contribution in [1.29, 1.82) is 0 Å². The van der Waals surface area contributed by atoms with Gasteiger partial charge in [0.25, 0.3) is 5.56 Å². The molecule has 3 heterocycles. The summed E-state index contributed by atoms with van der Waals surface area (Å²) < 4.78 is 6.96. The van der Waals surface area contributed by atoms with Crippen molar-refractivity contribution < 1.29 is 14.9 Å². The van der Waals surface area contributed by atoms with Crippen LogP contribution in [0.3, 0.4) is 0 Å². The lowest BCUT2D eigenvalue weighted by atomic mass is 9.96. The largest absolute Gasteiger partial charge is 0.507 e. The molecular weight excluding hydrogens is 432 g/mol. The number of rotatable bonds is 8. The fourth-order valence-corrected chi connectivity index (χ4v) is 4.63. The number of aliphatic hydroxyl groups is 1. The van der Waals surface area contributed by atoms with Gasteiger partial charge in [0.05, 0.1) is 31.9 Å². The van der Waals surface area contributed by atoms with E-state index in [1.54, 1.807) is 30.1 Å². The fraction of sp³-hybridized carbons (Fsp3) is 0.385. The minimum Gasteiger partial charge on any atom is -0.507 e. The lowest BCUT2D eigenvalue weighted by Crippen LogP contribution is -2.49. The van der Waals surface area contributed by atoms with Crippen LogP contribution in [-0.2, 0) is 6.54 Å². The lowest BCUT2D eigenvalue weighted by molar-refractivity contribution is 0.0932. The molecule has 8 heteroatoms. The van der Waals surface area contributed by atoms with E-state index >= 15 is 0 Å². The first-order chi connectivity index (χ1) is 16.5. The average Bonchev–Trinajstić information content (AvgIpc) is 2.86. The first-order valence-electron chi connectivity index (χ1n) is 11.5. The van der Waals surface area contributed by atoms with Crippen LogP contribution in [0.1, 0.15) is 28.4 Å². The number of hydrogen-bond donors (Lipinski definition) is 2. The van der Waals surface area contributed by atoms with Gasteiger partial charge in [0.2, 0.25) is 0 Å². The predicted molar refractivity (Wildman–Crippen MR) is 130 cm³/mol. The van der Waals surface area contributed by atoms with Crippen LogP contribution in [0, 0.1) is 6.92 Å². The minimum absolute atomic E-state index is 0.00748. The van der Waals surface area contributed by atoms with Gasteiger partial charge in [-0.2, -0.15) is 0 Å². The monoisotopic (exact) mass is 464 g/mol. The molecule has 0 unspecified atom stereocenters. The highest BCUT2D eigenvalue weighted by atomic mass is 16.5. The zero-order valence-corrected chi connectivity index (χ0v) is 19.7. The molecule has 1 fully saturated rings. The van der Waals surface area contributed by atoms with E-state index in [1.807, 2.05) is 43.3 Å². The van der Waals surface area contributed by atoms with E-state index in [0.717, 1.165) is 43.1 Å². The minimum atomic E-state index is -0.394. The second-order valence-electron chi connectivity index (χ2n) is 8.61. The summed E-state index contributed by atoms with van der Waals surface area (Å²) in [6.45, 7) is 6.01. The first-order valence-corrected chi connectivity index (χ1v) is 11.5. The van der Waals surface area contributed by atoms with Gasteiger partial charge in [-0.3, -0.25) is 19.6 Å². The maximum Gasteiger partial charge on any atom is 0.259 e. The molecule has 2 N–H and O–H groups in total. The van der Waals surface area contributed by atoms with Crippen LogP contribution in [0.25, 0.3) is 0 Å². The molecule has 2 aromatic heterocycles. The van der Waals surface area contributed by atoms with Gasteiger partial charge in [-0.15, -0.1) is 0 Å². The SMILES string of the molecule is COc1ccc(Cn2c(C)cc(O)c([C@@H](c3ccncc3)N3CCN(CCO)CC3)c2=O)cc1. The molecule has 1 saturated heterocycles. The van der Waals surface area contributed by atoms with Crippen LogP contribution in [-0.4, -0.2) is 76.0 Å². The Morgan fingerprint density at radius 3 is 2.35 bits per heavy atom. The summed E-state index contributed by atoms with van der Waals surface area (Å²) in [6, 6.07) is 12.7. The molecule has 0 spiro atoms. The molecule has 1 aliphatic rings. The summed E-state index contributed by atoms with van der Waals surface area (Å²) in [4.78, 5) is 22.4. The second-order valence-corrected chi connectivity index (χ2v) is 8.61. The molecule has 0 amide bonds. The maximum atomic E-state index is 13.9. The molecular formula is C26H32N4O4. The van der Waals surface area contributed by atoms with Crippen molar-refractivity contribution in [2.45, 2.75) is 19.5 Å². The van der Waals surface area contributed by atoms with E-state index in [0.29, 0.717) is 24.3 Å². The highest BCUT2D eigenvalue weighted by molar-refractivity contribution is 5.41. The summed E-state index contributed by atoms with van der Waals surface area (Å²) in [5.74, 6) is 0.769. The quantitative estimate of drug-likeness (QED) is 0.527. The van der Waals surface area contributed by atoms with Crippen LogP contribution in [0.2, 0.25) is 0 Å². The smallest absolute Gasteiger partial charge is 0.259 e. The van der Waals surface area contributed by atoms with Gasteiger partial charge < -0.3 is 19.5 Å². The summed E-state index contributed by atoms with van der Waals surface area (Å²) in [7, 11) is 1.62. The molecule has 8 nitrogen and oxygen atoms in total. The Balaban J connectivity index is 1.73. The number of β-amino-alcohol motifs (C(OH)–C–C–N with tert-alkyl or cyclic N) is 1. The molecule has 1 aliphatic heterocycles. The van der Waals surface area contributed by atoms with Gasteiger partial charge in [-0.05, 0) is 48.4 Å². The Bertz CT molecular complexity index is 1140. The van der Waals surface area contributed by atoms with Crippen molar-refractivity contribution in [3.05, 3.63) is 87.6 Å². The fourth-order valence-electron chi connectivity index (χ4n) is 4.63. The van der Waals surface area contributed by atoms with Crippen LogP contribution in [0.4, 0.5) is 0 Å². The van der Waals surface area contributed by atoms with Crippen molar-refractivity contribution in [2.75, 3.05) is 46.4 Å². The summed E-state index contributed by atoms with van der Waals surface area (Å²) >= 11 is 0. The number of hydrogen-bond acceptors (Lipinski definition) is 7. The van der Waals surface area contributed by atoms with E-state index in [-0.39, 0.29) is 17.9 Å². The molecule has 0 aliphatic carbocycles. The number of benzene rings is 1. The maximum absolute atomic E-state index is 13.9. The number of aliphatic hydroxyl groups excluding tert-OH is 1. The highest BCUT2D eigenvalue weighted by Gasteiger charge is 2.31. The van der Waals surface area contributed by atoms with E-state index in [1.165, 1.54) is 0 Å². The van der Waals surface area contributed by atoms with Crippen molar-refractivity contribution in [3.8, 4) is 11.5 Å². The topological polar surface area (TPSA) is 91.1 Å². The van der Waals surface area contributed by atoms with Crippen molar-refractivity contribution in [3.63, 3.8) is 0 Å². The number of piperazine rings is 1. The lowest BCUT2D eigenvalue weighted by Gasteiger charge is -2.39. The number of aryl methyl sites for hydroxylation is 1. The van der Waals surface area contributed by atoms with Crippen LogP contribution in [0.15, 0.2) is 59.7 Å². The molecule has 3 aromatic rings. The van der Waals surface area contributed by atoms with Gasteiger partial charge in [0.15, 0.2) is 0 Å². The number of pyridine rings is 2. The Morgan fingerprint density at radius 2 is 1.74 bits per heavy atom. The van der Waals surface area contributed by atoms with E-state index < -0.39 is 6.04 Å². The number of methoxy groups -OCH3 is 1. The zero-order chi connectivity index (χ0) is 24.1. The third kappa shape index (κ3) is 5.14. The van der Waals surface area contributed by atoms with Gasteiger partial charge in [-0.25, -0.2) is 0 Å². The Hall–Kier alpha value is -3.20. The number of nitrogens with zero attached hydrogens (tertiary/aromatic N) is 4. The molecule has 180 valence electrons. The first kappa shape index (κ1) is 23.9. The van der Waals surface area contributed by atoms with Crippen molar-refractivity contribution >= 4 is 0 Å².